The van der Waals surface area contributed by atoms with E-state index in [0.717, 1.165) is 47.5 Å². The Bertz CT molecular complexity index is 1540. The third-order valence-corrected chi connectivity index (χ3v) is 9.94. The molecule has 0 aromatic heterocycles. The fourth-order valence-electron chi connectivity index (χ4n) is 5.29. The van der Waals surface area contributed by atoms with Gasteiger partial charge in [-0.25, -0.2) is 8.42 Å². The lowest BCUT2D eigenvalue weighted by Crippen LogP contribution is -2.53. The summed E-state index contributed by atoms with van der Waals surface area (Å²) in [4.78, 5) is 29.2. The molecule has 1 fully saturated rings. The van der Waals surface area contributed by atoms with Crippen molar-refractivity contribution in [2.45, 2.75) is 69.5 Å². The zero-order valence-electron chi connectivity index (χ0n) is 25.6. The van der Waals surface area contributed by atoms with Gasteiger partial charge in [0.25, 0.3) is 10.0 Å². The van der Waals surface area contributed by atoms with Crippen LogP contribution in [-0.2, 0) is 26.2 Å². The molecule has 11 heteroatoms. The molecule has 3 aromatic rings. The molecule has 0 unspecified atom stereocenters. The number of benzene rings is 3. The standard InChI is InChI=1S/C33H40ClN3O6S/c1-23-10-17-29(18-11-23)44(40,41)37(30-20-26(34)14-19-31(30)43-4)22-32(38)36(21-25-12-15-28(42-3)16-13-25)24(2)33(39)35-27-8-6-5-7-9-27/h10-20,24,27H,5-9,21-22H2,1-4H3,(H,35,39)/t24-/m0/s1. The molecule has 236 valence electrons. The summed E-state index contributed by atoms with van der Waals surface area (Å²) in [6, 6.07) is 17.3. The van der Waals surface area contributed by atoms with E-state index < -0.39 is 28.5 Å². The van der Waals surface area contributed by atoms with Crippen molar-refractivity contribution in [3.63, 3.8) is 0 Å². The predicted molar refractivity (Wildman–Crippen MR) is 172 cm³/mol. The third kappa shape index (κ3) is 8.04. The van der Waals surface area contributed by atoms with E-state index in [4.69, 9.17) is 21.1 Å². The van der Waals surface area contributed by atoms with Crippen molar-refractivity contribution in [3.8, 4) is 11.5 Å². The van der Waals surface area contributed by atoms with Crippen molar-refractivity contribution in [1.82, 2.24) is 10.2 Å². The van der Waals surface area contributed by atoms with E-state index in [1.54, 1.807) is 50.4 Å². The maximum atomic E-state index is 14.3. The molecule has 9 nitrogen and oxygen atoms in total. The number of amides is 2. The van der Waals surface area contributed by atoms with Gasteiger partial charge in [0.15, 0.2) is 0 Å². The number of carbonyl (C=O) groups is 2. The van der Waals surface area contributed by atoms with Crippen molar-refractivity contribution >= 4 is 39.1 Å². The molecule has 1 saturated carbocycles. The van der Waals surface area contributed by atoms with Gasteiger partial charge in [0.1, 0.15) is 24.1 Å². The zero-order chi connectivity index (χ0) is 31.9. The van der Waals surface area contributed by atoms with Gasteiger partial charge in [0, 0.05) is 17.6 Å². The van der Waals surface area contributed by atoms with Gasteiger partial charge >= 0.3 is 0 Å². The number of ether oxygens (including phenoxy) is 2. The second kappa shape index (κ2) is 14.8. The number of carbonyl (C=O) groups excluding carboxylic acids is 2. The largest absolute Gasteiger partial charge is 0.497 e. The molecule has 0 saturated heterocycles. The highest BCUT2D eigenvalue weighted by Gasteiger charge is 2.34. The average Bonchev–Trinajstić information content (AvgIpc) is 3.03. The smallest absolute Gasteiger partial charge is 0.264 e. The molecule has 1 aliphatic carbocycles. The second-order valence-electron chi connectivity index (χ2n) is 11.0. The van der Waals surface area contributed by atoms with E-state index in [1.807, 2.05) is 19.1 Å². The number of hydrogen-bond acceptors (Lipinski definition) is 6. The van der Waals surface area contributed by atoms with Crippen LogP contribution >= 0.6 is 11.6 Å². The van der Waals surface area contributed by atoms with Crippen LogP contribution in [0, 0.1) is 6.92 Å². The molecule has 4 rings (SSSR count). The van der Waals surface area contributed by atoms with Crippen LogP contribution in [0.15, 0.2) is 71.6 Å². The first-order chi connectivity index (χ1) is 21.0. The Kier molecular flexibility index (Phi) is 11.2. The molecule has 0 aliphatic heterocycles. The summed E-state index contributed by atoms with van der Waals surface area (Å²) in [6.07, 6.45) is 5.01. The summed E-state index contributed by atoms with van der Waals surface area (Å²) < 4.78 is 40.0. The number of anilines is 1. The van der Waals surface area contributed by atoms with Crippen LogP contribution in [0.2, 0.25) is 5.02 Å². The number of nitrogens with zero attached hydrogens (tertiary/aromatic N) is 2. The molecule has 44 heavy (non-hydrogen) atoms. The van der Waals surface area contributed by atoms with Gasteiger partial charge in [-0.1, -0.05) is 60.7 Å². The molecule has 1 atom stereocenters. The Morgan fingerprint density at radius 1 is 0.955 bits per heavy atom. The summed E-state index contributed by atoms with van der Waals surface area (Å²) >= 11 is 6.31. The highest BCUT2D eigenvalue weighted by molar-refractivity contribution is 7.92. The zero-order valence-corrected chi connectivity index (χ0v) is 27.2. The van der Waals surface area contributed by atoms with E-state index in [9.17, 15) is 18.0 Å². The molecule has 0 spiro atoms. The monoisotopic (exact) mass is 641 g/mol. The van der Waals surface area contributed by atoms with Crippen LogP contribution in [0.1, 0.15) is 50.2 Å². The first kappa shape index (κ1) is 33.1. The van der Waals surface area contributed by atoms with Crippen molar-refractivity contribution in [1.29, 1.82) is 0 Å². The van der Waals surface area contributed by atoms with Crippen molar-refractivity contribution < 1.29 is 27.5 Å². The van der Waals surface area contributed by atoms with Gasteiger partial charge in [0.05, 0.1) is 24.8 Å². The van der Waals surface area contributed by atoms with Crippen LogP contribution < -0.4 is 19.1 Å². The van der Waals surface area contributed by atoms with Crippen molar-refractivity contribution in [2.75, 3.05) is 25.1 Å². The number of aryl methyl sites for hydroxylation is 1. The quantitative estimate of drug-likeness (QED) is 0.271. The van der Waals surface area contributed by atoms with Crippen LogP contribution in [-0.4, -0.2) is 58.0 Å². The number of nitrogens with one attached hydrogen (secondary N) is 1. The van der Waals surface area contributed by atoms with Gasteiger partial charge in [0.2, 0.25) is 11.8 Å². The number of rotatable bonds is 12. The van der Waals surface area contributed by atoms with Crippen molar-refractivity contribution in [3.05, 3.63) is 82.9 Å². The Morgan fingerprint density at radius 3 is 2.23 bits per heavy atom. The summed E-state index contributed by atoms with van der Waals surface area (Å²) in [5, 5.41) is 3.38. The Hall–Kier alpha value is -3.76. The summed E-state index contributed by atoms with van der Waals surface area (Å²) in [6.45, 7) is 3.00. The van der Waals surface area contributed by atoms with E-state index in [0.29, 0.717) is 5.75 Å². The number of hydrogen-bond donors (Lipinski definition) is 1. The summed E-state index contributed by atoms with van der Waals surface area (Å²) in [5.74, 6) is 0.0256. The lowest BCUT2D eigenvalue weighted by Gasteiger charge is -2.33. The third-order valence-electron chi connectivity index (χ3n) is 7.93. The second-order valence-corrected chi connectivity index (χ2v) is 13.3. The summed E-state index contributed by atoms with van der Waals surface area (Å²) in [7, 11) is -1.29. The van der Waals surface area contributed by atoms with Crippen LogP contribution in [0.4, 0.5) is 5.69 Å². The highest BCUT2D eigenvalue weighted by atomic mass is 35.5. The predicted octanol–water partition coefficient (Wildman–Crippen LogP) is 5.73. The molecule has 0 heterocycles. The van der Waals surface area contributed by atoms with Gasteiger partial charge in [-0.3, -0.25) is 13.9 Å². The Balaban J connectivity index is 1.72. The molecular formula is C33H40ClN3O6S. The molecule has 0 bridgehead atoms. The maximum Gasteiger partial charge on any atom is 0.264 e. The van der Waals surface area contributed by atoms with Crippen LogP contribution in [0.5, 0.6) is 11.5 Å². The Morgan fingerprint density at radius 2 is 1.61 bits per heavy atom. The van der Waals surface area contributed by atoms with Gasteiger partial charge < -0.3 is 19.7 Å². The van der Waals surface area contributed by atoms with Crippen molar-refractivity contribution in [2.24, 2.45) is 0 Å². The first-order valence-electron chi connectivity index (χ1n) is 14.7. The van der Waals surface area contributed by atoms with Gasteiger partial charge in [-0.2, -0.15) is 0 Å². The SMILES string of the molecule is COc1ccc(CN(C(=O)CN(c2cc(Cl)ccc2OC)S(=O)(=O)c2ccc(C)cc2)[C@@H](C)C(=O)NC2CCCCC2)cc1. The van der Waals surface area contributed by atoms with Gasteiger partial charge in [-0.05, 0) is 74.7 Å². The lowest BCUT2D eigenvalue weighted by molar-refractivity contribution is -0.139. The minimum absolute atomic E-state index is 0.00252. The average molecular weight is 642 g/mol. The fraction of sp³-hybridized carbons (Fsp3) is 0.394. The normalized spacial score (nSPS) is 14.4. The van der Waals surface area contributed by atoms with Crippen LogP contribution in [0.3, 0.4) is 0 Å². The topological polar surface area (TPSA) is 105 Å². The first-order valence-corrected chi connectivity index (χ1v) is 16.5. The molecule has 1 aliphatic rings. The lowest BCUT2D eigenvalue weighted by atomic mass is 9.95. The maximum absolute atomic E-state index is 14.3. The number of methoxy groups -OCH3 is 2. The Labute approximate surface area is 265 Å². The molecule has 3 aromatic carbocycles. The molecule has 2 amide bonds. The highest BCUT2D eigenvalue weighted by Crippen LogP contribution is 2.35. The van der Waals surface area contributed by atoms with E-state index in [1.165, 1.54) is 30.2 Å². The fourth-order valence-corrected chi connectivity index (χ4v) is 6.87. The van der Waals surface area contributed by atoms with E-state index in [-0.39, 0.29) is 39.8 Å². The van der Waals surface area contributed by atoms with E-state index >= 15 is 0 Å². The molecular weight excluding hydrogens is 602 g/mol. The minimum atomic E-state index is -4.27. The van der Waals surface area contributed by atoms with E-state index in [2.05, 4.69) is 5.32 Å². The van der Waals surface area contributed by atoms with Gasteiger partial charge in [-0.15, -0.1) is 0 Å². The summed E-state index contributed by atoms with van der Waals surface area (Å²) in [5.41, 5.74) is 1.75. The molecule has 1 N–H and O–H groups in total. The number of halogens is 1. The molecule has 0 radical (unpaired) electrons. The van der Waals surface area contributed by atoms with Crippen LogP contribution in [0.25, 0.3) is 0 Å². The minimum Gasteiger partial charge on any atom is -0.497 e. The number of sulfonamides is 1.